The van der Waals surface area contributed by atoms with Crippen molar-refractivity contribution < 1.29 is 19.8 Å². The molecule has 1 fully saturated rings. The third-order valence-electron chi connectivity index (χ3n) is 2.36. The molecule has 1 rings (SSSR count). The fourth-order valence-electron chi connectivity index (χ4n) is 1.18. The van der Waals surface area contributed by atoms with Crippen LogP contribution in [0.3, 0.4) is 0 Å². The van der Waals surface area contributed by atoms with Crippen molar-refractivity contribution in [2.75, 3.05) is 6.54 Å². The maximum Gasteiger partial charge on any atom is 0.320 e. The molecular weight excluding hydrogens is 212 g/mol. The van der Waals surface area contributed by atoms with Crippen LogP contribution in [0.15, 0.2) is 0 Å². The van der Waals surface area contributed by atoms with Crippen LogP contribution in [-0.2, 0) is 9.59 Å². The molecule has 0 radical (unpaired) electrons. The van der Waals surface area contributed by atoms with Gasteiger partial charge in [0.1, 0.15) is 12.1 Å². The van der Waals surface area contributed by atoms with Crippen LogP contribution in [0, 0.1) is 5.92 Å². The van der Waals surface area contributed by atoms with E-state index >= 15 is 0 Å². The number of aliphatic carboxylic acids is 2. The number of nitrogens with two attached hydrogens (primary N) is 1. The lowest BCUT2D eigenvalue weighted by Crippen LogP contribution is -2.34. The molecular formula is C10H20N2O4. The summed E-state index contributed by atoms with van der Waals surface area (Å²) in [6.07, 6.45) is 1.78. The molecule has 1 heterocycles. The van der Waals surface area contributed by atoms with Gasteiger partial charge < -0.3 is 21.3 Å². The van der Waals surface area contributed by atoms with Gasteiger partial charge in [-0.3, -0.25) is 9.59 Å². The second-order valence-electron chi connectivity index (χ2n) is 4.10. The minimum absolute atomic E-state index is 0.0208. The van der Waals surface area contributed by atoms with Crippen molar-refractivity contribution in [3.8, 4) is 0 Å². The summed E-state index contributed by atoms with van der Waals surface area (Å²) in [5.41, 5.74) is 5.16. The van der Waals surface area contributed by atoms with Gasteiger partial charge in [-0.25, -0.2) is 0 Å². The Morgan fingerprint density at radius 2 is 1.94 bits per heavy atom. The number of carboxylic acids is 2. The summed E-state index contributed by atoms with van der Waals surface area (Å²) in [6, 6.07) is -0.981. The van der Waals surface area contributed by atoms with Crippen LogP contribution in [0.5, 0.6) is 0 Å². The van der Waals surface area contributed by atoms with Crippen molar-refractivity contribution in [2.45, 2.75) is 38.8 Å². The summed E-state index contributed by atoms with van der Waals surface area (Å²) >= 11 is 0. The minimum atomic E-state index is -0.931. The summed E-state index contributed by atoms with van der Waals surface area (Å²) in [4.78, 5) is 20.2. The molecule has 2 atom stereocenters. The highest BCUT2D eigenvalue weighted by Crippen LogP contribution is 2.03. The average Bonchev–Trinajstić information content (AvgIpc) is 2.70. The van der Waals surface area contributed by atoms with Crippen LogP contribution in [0.25, 0.3) is 0 Å². The Balaban J connectivity index is 0.000000281. The Morgan fingerprint density at radius 1 is 1.38 bits per heavy atom. The zero-order valence-corrected chi connectivity index (χ0v) is 9.64. The first kappa shape index (κ1) is 14.9. The van der Waals surface area contributed by atoms with Gasteiger partial charge in [-0.1, -0.05) is 13.8 Å². The first-order chi connectivity index (χ1) is 7.36. The maximum atomic E-state index is 10.1. The Labute approximate surface area is 94.8 Å². The molecule has 5 N–H and O–H groups in total. The average molecular weight is 232 g/mol. The van der Waals surface area contributed by atoms with Gasteiger partial charge in [0.2, 0.25) is 0 Å². The number of hydrogen-bond acceptors (Lipinski definition) is 4. The molecule has 0 aromatic rings. The van der Waals surface area contributed by atoms with E-state index in [-0.39, 0.29) is 12.0 Å². The number of hydrogen-bond donors (Lipinski definition) is 4. The van der Waals surface area contributed by atoms with Gasteiger partial charge in [-0.15, -0.1) is 0 Å². The van der Waals surface area contributed by atoms with Crippen LogP contribution >= 0.6 is 0 Å². The number of rotatable bonds is 3. The summed E-state index contributed by atoms with van der Waals surface area (Å²) < 4.78 is 0. The first-order valence-electron chi connectivity index (χ1n) is 5.30. The van der Waals surface area contributed by atoms with Crippen LogP contribution in [0.2, 0.25) is 0 Å². The number of nitrogens with one attached hydrogen (secondary N) is 1. The third-order valence-corrected chi connectivity index (χ3v) is 2.36. The molecule has 6 heteroatoms. The molecule has 0 bridgehead atoms. The Hall–Kier alpha value is -1.14. The molecule has 1 aliphatic heterocycles. The predicted octanol–water partition coefficient (Wildman–Crippen LogP) is -0.123. The lowest BCUT2D eigenvalue weighted by molar-refractivity contribution is -0.140. The molecule has 6 nitrogen and oxygen atoms in total. The third kappa shape index (κ3) is 5.67. The zero-order valence-electron chi connectivity index (χ0n) is 9.64. The normalized spacial score (nSPS) is 21.1. The van der Waals surface area contributed by atoms with E-state index < -0.39 is 18.0 Å². The van der Waals surface area contributed by atoms with E-state index in [1.54, 1.807) is 13.8 Å². The van der Waals surface area contributed by atoms with Gasteiger partial charge in [0, 0.05) is 0 Å². The molecule has 0 unspecified atom stereocenters. The fraction of sp³-hybridized carbons (Fsp3) is 0.800. The first-order valence-corrected chi connectivity index (χ1v) is 5.30. The smallest absolute Gasteiger partial charge is 0.320 e. The van der Waals surface area contributed by atoms with Crippen molar-refractivity contribution in [1.29, 1.82) is 0 Å². The number of carbonyl (C=O) groups is 2. The standard InChI is InChI=1S/C5H9NO2.C5H11NO2/c7-5(8)4-2-1-3-6-4;1-3(2)4(6)5(7)8/h4,6H,1-3H2,(H,7,8);3-4H,6H2,1-2H3,(H,7,8)/t2*4-/m00/s1. The van der Waals surface area contributed by atoms with Crippen molar-refractivity contribution in [2.24, 2.45) is 11.7 Å². The van der Waals surface area contributed by atoms with Crippen LogP contribution in [0.1, 0.15) is 26.7 Å². The second-order valence-corrected chi connectivity index (χ2v) is 4.10. The molecule has 0 amide bonds. The minimum Gasteiger partial charge on any atom is -0.480 e. The molecule has 0 spiro atoms. The Kier molecular flexibility index (Phi) is 6.67. The molecule has 0 saturated carbocycles. The van der Waals surface area contributed by atoms with Gasteiger partial charge >= 0.3 is 11.9 Å². The molecule has 0 aromatic heterocycles. The zero-order chi connectivity index (χ0) is 12.7. The van der Waals surface area contributed by atoms with Crippen LogP contribution in [0.4, 0.5) is 0 Å². The molecule has 0 aliphatic carbocycles. The van der Waals surface area contributed by atoms with E-state index in [4.69, 9.17) is 15.9 Å². The molecule has 1 aliphatic rings. The highest BCUT2D eigenvalue weighted by atomic mass is 16.4. The van der Waals surface area contributed by atoms with E-state index in [9.17, 15) is 9.59 Å². The van der Waals surface area contributed by atoms with E-state index in [1.165, 1.54) is 0 Å². The van der Waals surface area contributed by atoms with E-state index in [0.29, 0.717) is 0 Å². The van der Waals surface area contributed by atoms with Gasteiger partial charge in [0.05, 0.1) is 0 Å². The van der Waals surface area contributed by atoms with Crippen molar-refractivity contribution in [3.05, 3.63) is 0 Å². The Bertz CT molecular complexity index is 225. The van der Waals surface area contributed by atoms with Crippen molar-refractivity contribution in [3.63, 3.8) is 0 Å². The number of carboxylic acid groups (broad SMARTS) is 2. The lowest BCUT2D eigenvalue weighted by atomic mass is 10.1. The van der Waals surface area contributed by atoms with Gasteiger partial charge in [-0.05, 0) is 25.3 Å². The van der Waals surface area contributed by atoms with E-state index in [1.807, 2.05) is 0 Å². The monoisotopic (exact) mass is 232 g/mol. The quantitative estimate of drug-likeness (QED) is 0.539. The SMILES string of the molecule is CC(C)[C@H](N)C(=O)O.O=C(O)[C@@H]1CCCN1. The molecule has 94 valence electrons. The largest absolute Gasteiger partial charge is 0.480 e. The topological polar surface area (TPSA) is 113 Å². The molecule has 16 heavy (non-hydrogen) atoms. The Morgan fingerprint density at radius 3 is 2.06 bits per heavy atom. The van der Waals surface area contributed by atoms with Gasteiger partial charge in [0.15, 0.2) is 0 Å². The van der Waals surface area contributed by atoms with E-state index in [0.717, 1.165) is 19.4 Å². The highest BCUT2D eigenvalue weighted by Gasteiger charge is 2.20. The van der Waals surface area contributed by atoms with Crippen molar-refractivity contribution in [1.82, 2.24) is 5.32 Å². The lowest BCUT2D eigenvalue weighted by Gasteiger charge is -2.07. The van der Waals surface area contributed by atoms with Crippen LogP contribution < -0.4 is 11.1 Å². The van der Waals surface area contributed by atoms with E-state index in [2.05, 4.69) is 5.32 Å². The summed E-state index contributed by atoms with van der Waals surface area (Å²) in [5, 5.41) is 19.4. The van der Waals surface area contributed by atoms with Gasteiger partial charge in [-0.2, -0.15) is 0 Å². The predicted molar refractivity (Wildman–Crippen MR) is 59.1 cm³/mol. The summed E-state index contributed by atoms with van der Waals surface area (Å²) in [7, 11) is 0. The van der Waals surface area contributed by atoms with Crippen molar-refractivity contribution >= 4 is 11.9 Å². The van der Waals surface area contributed by atoms with Gasteiger partial charge in [0.25, 0.3) is 0 Å². The van der Waals surface area contributed by atoms with Crippen LogP contribution in [-0.4, -0.2) is 40.8 Å². The maximum absolute atomic E-state index is 10.1. The summed E-state index contributed by atoms with van der Waals surface area (Å²) in [6.45, 7) is 4.41. The molecule has 0 aromatic carbocycles. The molecule has 1 saturated heterocycles. The second kappa shape index (κ2) is 7.19. The summed E-state index contributed by atoms with van der Waals surface area (Å²) in [5.74, 6) is -1.63. The highest BCUT2D eigenvalue weighted by molar-refractivity contribution is 5.73. The fourth-order valence-corrected chi connectivity index (χ4v) is 1.18.